The second-order valence-electron chi connectivity index (χ2n) is 6.39. The summed E-state index contributed by atoms with van der Waals surface area (Å²) in [5.41, 5.74) is 1.78. The second kappa shape index (κ2) is 6.02. The van der Waals surface area contributed by atoms with Crippen molar-refractivity contribution in [3.63, 3.8) is 0 Å². The summed E-state index contributed by atoms with van der Waals surface area (Å²) in [5.74, 6) is -0.483. The van der Waals surface area contributed by atoms with Gasteiger partial charge in [0.25, 0.3) is 5.69 Å². The average molecular weight is 316 g/mol. The average Bonchev–Trinajstić information content (AvgIpc) is 3.30. The highest BCUT2D eigenvalue weighted by atomic mass is 16.6. The Balaban J connectivity index is 1.86. The van der Waals surface area contributed by atoms with Gasteiger partial charge in [-0.25, -0.2) is 4.79 Å². The van der Waals surface area contributed by atoms with Gasteiger partial charge in [-0.15, -0.1) is 0 Å². The molecule has 1 aliphatic heterocycles. The molecule has 1 saturated carbocycles. The third-order valence-corrected chi connectivity index (χ3v) is 4.77. The molecule has 0 N–H and O–H groups in total. The molecule has 2 fully saturated rings. The van der Waals surface area contributed by atoms with Gasteiger partial charge in [0.1, 0.15) is 5.69 Å². The molecule has 6 heteroatoms. The van der Waals surface area contributed by atoms with E-state index in [1.165, 1.54) is 44.6 Å². The number of esters is 1. The minimum Gasteiger partial charge on any atom is -0.466 e. The number of ether oxygens (including phenoxy) is 1. The fraction of sp³-hybridized carbons (Fsp3) is 0.471. The standard InChI is InChI=1S/C17H20N2O4/c1-23-16(20)6-4-13-3-5-14(15(11-13)19(21)22)18-10-2-7-17(12-18)8-9-17/h3-6,11H,2,7-10,12H2,1H3/b6-4+. The van der Waals surface area contributed by atoms with Crippen LogP contribution in [0.4, 0.5) is 11.4 Å². The molecule has 0 radical (unpaired) electrons. The molecule has 6 nitrogen and oxygen atoms in total. The highest BCUT2D eigenvalue weighted by Crippen LogP contribution is 2.53. The van der Waals surface area contributed by atoms with E-state index in [1.807, 2.05) is 0 Å². The summed E-state index contributed by atoms with van der Waals surface area (Å²) >= 11 is 0. The summed E-state index contributed by atoms with van der Waals surface area (Å²) in [4.78, 5) is 24.4. The maximum Gasteiger partial charge on any atom is 0.330 e. The zero-order valence-electron chi connectivity index (χ0n) is 13.2. The maximum atomic E-state index is 11.5. The van der Waals surface area contributed by atoms with Crippen molar-refractivity contribution in [1.29, 1.82) is 0 Å². The van der Waals surface area contributed by atoms with Crippen molar-refractivity contribution in [3.05, 3.63) is 40.0 Å². The number of nitro benzene ring substituents is 1. The zero-order valence-corrected chi connectivity index (χ0v) is 13.2. The van der Waals surface area contributed by atoms with Crippen molar-refractivity contribution in [2.24, 2.45) is 5.41 Å². The van der Waals surface area contributed by atoms with Crippen LogP contribution in [0.5, 0.6) is 0 Å². The molecular formula is C17H20N2O4. The first kappa shape index (κ1) is 15.5. The second-order valence-corrected chi connectivity index (χ2v) is 6.39. The Morgan fingerprint density at radius 1 is 1.39 bits per heavy atom. The molecule has 0 bridgehead atoms. The summed E-state index contributed by atoms with van der Waals surface area (Å²) in [6.45, 7) is 1.77. The molecule has 122 valence electrons. The van der Waals surface area contributed by atoms with Crippen LogP contribution in [0.25, 0.3) is 6.08 Å². The number of piperidine rings is 1. The maximum absolute atomic E-state index is 11.5. The van der Waals surface area contributed by atoms with Crippen molar-refractivity contribution in [1.82, 2.24) is 0 Å². The molecule has 1 aromatic carbocycles. The first-order valence-corrected chi connectivity index (χ1v) is 7.82. The SMILES string of the molecule is COC(=O)/C=C/c1ccc(N2CCCC3(CC3)C2)c([N+](=O)[O-])c1. The number of carbonyl (C=O) groups is 1. The number of hydrogen-bond acceptors (Lipinski definition) is 5. The first-order valence-electron chi connectivity index (χ1n) is 7.82. The van der Waals surface area contributed by atoms with Gasteiger partial charge in [-0.3, -0.25) is 10.1 Å². The van der Waals surface area contributed by atoms with Crippen LogP contribution in [-0.4, -0.2) is 31.1 Å². The van der Waals surface area contributed by atoms with Gasteiger partial charge in [0, 0.05) is 25.2 Å². The number of benzene rings is 1. The number of hydrogen-bond donors (Lipinski definition) is 0. The number of carbonyl (C=O) groups excluding carboxylic acids is 1. The number of anilines is 1. The Bertz CT molecular complexity index is 665. The van der Waals surface area contributed by atoms with Crippen molar-refractivity contribution < 1.29 is 14.5 Å². The lowest BCUT2D eigenvalue weighted by atomic mass is 9.94. The lowest BCUT2D eigenvalue weighted by Crippen LogP contribution is -2.36. The molecule has 0 aromatic heterocycles. The smallest absolute Gasteiger partial charge is 0.330 e. The number of methoxy groups -OCH3 is 1. The summed E-state index contributed by atoms with van der Waals surface area (Å²) in [6, 6.07) is 5.11. The van der Waals surface area contributed by atoms with Gasteiger partial charge in [0.15, 0.2) is 0 Å². The van der Waals surface area contributed by atoms with E-state index in [2.05, 4.69) is 9.64 Å². The van der Waals surface area contributed by atoms with E-state index in [-0.39, 0.29) is 10.6 Å². The molecule has 1 saturated heterocycles. The van der Waals surface area contributed by atoms with Gasteiger partial charge in [-0.2, -0.15) is 0 Å². The Morgan fingerprint density at radius 2 is 2.17 bits per heavy atom. The quantitative estimate of drug-likeness (QED) is 0.369. The van der Waals surface area contributed by atoms with Gasteiger partial charge in [0.2, 0.25) is 0 Å². The van der Waals surface area contributed by atoms with Crippen LogP contribution in [0.1, 0.15) is 31.2 Å². The van der Waals surface area contributed by atoms with Gasteiger partial charge >= 0.3 is 5.97 Å². The fourth-order valence-electron chi connectivity index (χ4n) is 3.29. The van der Waals surface area contributed by atoms with Crippen LogP contribution in [0.2, 0.25) is 0 Å². The van der Waals surface area contributed by atoms with Crippen molar-refractivity contribution in [2.45, 2.75) is 25.7 Å². The Kier molecular flexibility index (Phi) is 4.07. The molecule has 1 heterocycles. The largest absolute Gasteiger partial charge is 0.466 e. The van der Waals surface area contributed by atoms with E-state index in [1.54, 1.807) is 12.1 Å². The molecular weight excluding hydrogens is 296 g/mol. The highest BCUT2D eigenvalue weighted by Gasteiger charge is 2.46. The Labute approximate surface area is 134 Å². The minimum atomic E-state index is -0.483. The highest BCUT2D eigenvalue weighted by molar-refractivity contribution is 5.87. The van der Waals surface area contributed by atoms with E-state index in [4.69, 9.17) is 0 Å². The van der Waals surface area contributed by atoms with Gasteiger partial charge < -0.3 is 9.64 Å². The summed E-state index contributed by atoms with van der Waals surface area (Å²) in [5, 5.41) is 11.5. The Morgan fingerprint density at radius 3 is 2.83 bits per heavy atom. The lowest BCUT2D eigenvalue weighted by Gasteiger charge is -2.34. The van der Waals surface area contributed by atoms with Crippen LogP contribution in [0.3, 0.4) is 0 Å². The van der Waals surface area contributed by atoms with Crippen LogP contribution in [0.15, 0.2) is 24.3 Å². The molecule has 0 atom stereocenters. The Hall–Kier alpha value is -2.37. The molecule has 0 unspecified atom stereocenters. The van der Waals surface area contributed by atoms with Crippen LogP contribution < -0.4 is 4.90 Å². The third kappa shape index (κ3) is 3.36. The molecule has 1 spiro atoms. The molecule has 3 rings (SSSR count). The van der Waals surface area contributed by atoms with Crippen molar-refractivity contribution >= 4 is 23.4 Å². The van der Waals surface area contributed by atoms with Gasteiger partial charge in [-0.05, 0) is 48.8 Å². The number of nitrogens with zero attached hydrogens (tertiary/aromatic N) is 2. The zero-order chi connectivity index (χ0) is 16.4. The van der Waals surface area contributed by atoms with Crippen LogP contribution >= 0.6 is 0 Å². The van der Waals surface area contributed by atoms with E-state index in [9.17, 15) is 14.9 Å². The van der Waals surface area contributed by atoms with Gasteiger partial charge in [0.05, 0.1) is 12.0 Å². The first-order chi connectivity index (χ1) is 11.0. The van der Waals surface area contributed by atoms with E-state index in [0.717, 1.165) is 19.5 Å². The minimum absolute atomic E-state index is 0.0923. The van der Waals surface area contributed by atoms with Crippen molar-refractivity contribution in [3.8, 4) is 0 Å². The monoisotopic (exact) mass is 316 g/mol. The predicted octanol–water partition coefficient (Wildman–Crippen LogP) is 3.16. The lowest BCUT2D eigenvalue weighted by molar-refractivity contribution is -0.384. The molecule has 1 aliphatic carbocycles. The molecule has 2 aliphatic rings. The molecule has 0 amide bonds. The van der Waals surface area contributed by atoms with E-state index < -0.39 is 5.97 Å². The topological polar surface area (TPSA) is 72.7 Å². The molecule has 1 aromatic rings. The van der Waals surface area contributed by atoms with E-state index >= 15 is 0 Å². The third-order valence-electron chi connectivity index (χ3n) is 4.77. The van der Waals surface area contributed by atoms with Crippen LogP contribution in [0, 0.1) is 15.5 Å². The van der Waals surface area contributed by atoms with Crippen LogP contribution in [-0.2, 0) is 9.53 Å². The number of rotatable bonds is 4. The summed E-state index contributed by atoms with van der Waals surface area (Å²) < 4.78 is 4.53. The number of nitro groups is 1. The summed E-state index contributed by atoms with van der Waals surface area (Å²) in [7, 11) is 1.29. The normalized spacial score (nSPS) is 19.1. The van der Waals surface area contributed by atoms with E-state index in [0.29, 0.717) is 16.7 Å². The van der Waals surface area contributed by atoms with Crippen molar-refractivity contribution in [2.75, 3.05) is 25.1 Å². The molecule has 23 heavy (non-hydrogen) atoms. The fourth-order valence-corrected chi connectivity index (χ4v) is 3.29. The summed E-state index contributed by atoms with van der Waals surface area (Å²) in [6.07, 6.45) is 7.58. The predicted molar refractivity (Wildman–Crippen MR) is 87.3 cm³/mol. The van der Waals surface area contributed by atoms with Gasteiger partial charge in [-0.1, -0.05) is 6.07 Å².